The standard InChI is InChI=1S/C30H28N2O5/c1-4-17-37-22-13-9-19(10-14-22)28(33)26-27(24-18-31(2)25-8-6-5-7-23(24)25)32(30(35)29(26)34)20-11-15-21(36-3)16-12-20/h5-16,18,27,33H,4,17H2,1-3H3/b28-26+. The van der Waals surface area contributed by atoms with Crippen molar-refractivity contribution >= 4 is 34.0 Å². The van der Waals surface area contributed by atoms with E-state index in [1.807, 2.05) is 49.0 Å². The Morgan fingerprint density at radius 2 is 1.62 bits per heavy atom. The first-order valence-electron chi connectivity index (χ1n) is 12.2. The summed E-state index contributed by atoms with van der Waals surface area (Å²) in [4.78, 5) is 28.4. The molecule has 7 nitrogen and oxygen atoms in total. The lowest BCUT2D eigenvalue weighted by atomic mass is 9.94. The summed E-state index contributed by atoms with van der Waals surface area (Å²) < 4.78 is 12.9. The number of aliphatic hydroxyl groups excluding tert-OH is 1. The van der Waals surface area contributed by atoms with Crippen molar-refractivity contribution < 1.29 is 24.2 Å². The Labute approximate surface area is 215 Å². The maximum Gasteiger partial charge on any atom is 0.300 e. The van der Waals surface area contributed by atoms with Gasteiger partial charge in [0.2, 0.25) is 0 Å². The van der Waals surface area contributed by atoms with Gasteiger partial charge in [0, 0.05) is 41.0 Å². The summed E-state index contributed by atoms with van der Waals surface area (Å²) in [5.41, 5.74) is 2.71. The number of ketones is 1. The number of aryl methyl sites for hydroxylation is 1. The van der Waals surface area contributed by atoms with Crippen LogP contribution in [-0.4, -0.2) is 35.1 Å². The van der Waals surface area contributed by atoms with Gasteiger partial charge in [-0.05, 0) is 61.0 Å². The predicted molar refractivity (Wildman–Crippen MR) is 143 cm³/mol. The van der Waals surface area contributed by atoms with Gasteiger partial charge in [-0.15, -0.1) is 0 Å². The van der Waals surface area contributed by atoms with Gasteiger partial charge in [0.15, 0.2) is 0 Å². The van der Waals surface area contributed by atoms with Crippen molar-refractivity contribution in [3.63, 3.8) is 0 Å². The second-order valence-electron chi connectivity index (χ2n) is 8.95. The number of rotatable bonds is 7. The summed E-state index contributed by atoms with van der Waals surface area (Å²) in [6.07, 6.45) is 2.79. The van der Waals surface area contributed by atoms with E-state index in [0.717, 1.165) is 22.9 Å². The lowest BCUT2D eigenvalue weighted by Crippen LogP contribution is -2.29. The van der Waals surface area contributed by atoms with Crippen molar-refractivity contribution in [3.05, 3.63) is 95.7 Å². The quantitative estimate of drug-likeness (QED) is 0.205. The van der Waals surface area contributed by atoms with Crippen LogP contribution in [0.15, 0.2) is 84.6 Å². The lowest BCUT2D eigenvalue weighted by molar-refractivity contribution is -0.132. The van der Waals surface area contributed by atoms with Gasteiger partial charge in [-0.2, -0.15) is 0 Å². The van der Waals surface area contributed by atoms with Gasteiger partial charge in [-0.3, -0.25) is 14.5 Å². The smallest absolute Gasteiger partial charge is 0.300 e. The third-order valence-electron chi connectivity index (χ3n) is 6.62. The zero-order chi connectivity index (χ0) is 26.1. The highest BCUT2D eigenvalue weighted by molar-refractivity contribution is 6.51. The first kappa shape index (κ1) is 24.2. The van der Waals surface area contributed by atoms with Gasteiger partial charge in [0.05, 0.1) is 25.3 Å². The number of carbonyl (C=O) groups is 2. The summed E-state index contributed by atoms with van der Waals surface area (Å²) in [5.74, 6) is -0.366. The number of ether oxygens (including phenoxy) is 2. The normalized spacial score (nSPS) is 16.9. The van der Waals surface area contributed by atoms with Gasteiger partial charge < -0.3 is 19.1 Å². The molecule has 37 heavy (non-hydrogen) atoms. The Morgan fingerprint density at radius 1 is 0.946 bits per heavy atom. The Balaban J connectivity index is 1.70. The maximum absolute atomic E-state index is 13.5. The number of aliphatic hydroxyl groups is 1. The maximum atomic E-state index is 13.5. The largest absolute Gasteiger partial charge is 0.507 e. The highest BCUT2D eigenvalue weighted by Gasteiger charge is 2.47. The van der Waals surface area contributed by atoms with Gasteiger partial charge in [0.1, 0.15) is 17.3 Å². The number of fused-ring (bicyclic) bond motifs is 1. The number of methoxy groups -OCH3 is 1. The zero-order valence-corrected chi connectivity index (χ0v) is 21.0. The molecule has 4 aromatic rings. The van der Waals surface area contributed by atoms with E-state index in [-0.39, 0.29) is 11.3 Å². The second kappa shape index (κ2) is 9.85. The minimum atomic E-state index is -0.824. The average Bonchev–Trinajstić information content (AvgIpc) is 3.40. The second-order valence-corrected chi connectivity index (χ2v) is 8.95. The molecule has 0 bridgehead atoms. The number of hydrogen-bond acceptors (Lipinski definition) is 5. The number of nitrogens with zero attached hydrogens (tertiary/aromatic N) is 2. The van der Waals surface area contributed by atoms with Crippen LogP contribution in [0.1, 0.15) is 30.5 Å². The molecule has 1 aromatic heterocycles. The fourth-order valence-corrected chi connectivity index (χ4v) is 4.81. The van der Waals surface area contributed by atoms with E-state index < -0.39 is 17.7 Å². The van der Waals surface area contributed by atoms with Crippen LogP contribution >= 0.6 is 0 Å². The summed E-state index contributed by atoms with van der Waals surface area (Å²) in [7, 11) is 3.48. The molecular weight excluding hydrogens is 468 g/mol. The summed E-state index contributed by atoms with van der Waals surface area (Å²) >= 11 is 0. The van der Waals surface area contributed by atoms with Crippen molar-refractivity contribution in [1.82, 2.24) is 4.57 Å². The fourth-order valence-electron chi connectivity index (χ4n) is 4.81. The third kappa shape index (κ3) is 4.22. The number of para-hydroxylation sites is 1. The molecule has 5 rings (SSSR count). The van der Waals surface area contributed by atoms with Gasteiger partial charge in [0.25, 0.3) is 11.7 Å². The number of benzene rings is 3. The van der Waals surface area contributed by atoms with Crippen LogP contribution in [0.4, 0.5) is 5.69 Å². The molecule has 1 aliphatic heterocycles. The predicted octanol–water partition coefficient (Wildman–Crippen LogP) is 5.60. The molecule has 1 amide bonds. The van der Waals surface area contributed by atoms with Gasteiger partial charge in [-0.1, -0.05) is 25.1 Å². The Bertz CT molecular complexity index is 1500. The van der Waals surface area contributed by atoms with Crippen LogP contribution < -0.4 is 14.4 Å². The molecule has 1 fully saturated rings. The molecule has 0 spiro atoms. The minimum absolute atomic E-state index is 0.0411. The molecule has 3 aromatic carbocycles. The minimum Gasteiger partial charge on any atom is -0.507 e. The van der Waals surface area contributed by atoms with E-state index >= 15 is 0 Å². The summed E-state index contributed by atoms with van der Waals surface area (Å²) in [6, 6.07) is 20.8. The average molecular weight is 497 g/mol. The number of anilines is 1. The molecule has 1 saturated heterocycles. The zero-order valence-electron chi connectivity index (χ0n) is 21.0. The van der Waals surface area contributed by atoms with E-state index in [1.54, 1.807) is 55.6 Å². The molecule has 0 radical (unpaired) electrons. The van der Waals surface area contributed by atoms with Crippen LogP contribution in [0.5, 0.6) is 11.5 Å². The number of hydrogen-bond donors (Lipinski definition) is 1. The molecular formula is C30H28N2O5. The van der Waals surface area contributed by atoms with Crippen molar-refractivity contribution in [2.45, 2.75) is 19.4 Å². The van der Waals surface area contributed by atoms with Gasteiger partial charge in [-0.25, -0.2) is 0 Å². The van der Waals surface area contributed by atoms with Crippen molar-refractivity contribution in [2.75, 3.05) is 18.6 Å². The van der Waals surface area contributed by atoms with Crippen LogP contribution in [0.2, 0.25) is 0 Å². The first-order chi connectivity index (χ1) is 17.9. The molecule has 1 atom stereocenters. The monoisotopic (exact) mass is 496 g/mol. The Kier molecular flexibility index (Phi) is 6.44. The van der Waals surface area contributed by atoms with E-state index in [2.05, 4.69) is 0 Å². The van der Waals surface area contributed by atoms with Crippen LogP contribution in [0.25, 0.3) is 16.7 Å². The number of Topliss-reactive ketones (excluding diaryl/α,β-unsaturated/α-hetero) is 1. The lowest BCUT2D eigenvalue weighted by Gasteiger charge is -2.25. The van der Waals surface area contributed by atoms with E-state index in [0.29, 0.717) is 29.4 Å². The molecule has 1 aliphatic rings. The van der Waals surface area contributed by atoms with E-state index in [9.17, 15) is 14.7 Å². The fraction of sp³-hybridized carbons (Fsp3) is 0.200. The van der Waals surface area contributed by atoms with Crippen molar-refractivity contribution in [1.29, 1.82) is 0 Å². The van der Waals surface area contributed by atoms with Crippen LogP contribution in [-0.2, 0) is 16.6 Å². The van der Waals surface area contributed by atoms with Gasteiger partial charge >= 0.3 is 0 Å². The van der Waals surface area contributed by atoms with E-state index in [4.69, 9.17) is 9.47 Å². The van der Waals surface area contributed by atoms with Crippen LogP contribution in [0, 0.1) is 0 Å². The molecule has 7 heteroatoms. The first-order valence-corrected chi connectivity index (χ1v) is 12.2. The number of carbonyl (C=O) groups excluding carboxylic acids is 2. The SMILES string of the molecule is CCCOc1ccc(/C(O)=C2\C(=O)C(=O)N(c3ccc(OC)cc3)C2c2cn(C)c3ccccc23)cc1. The number of aromatic nitrogens is 1. The van der Waals surface area contributed by atoms with Crippen molar-refractivity contribution in [2.24, 2.45) is 7.05 Å². The third-order valence-corrected chi connectivity index (χ3v) is 6.62. The topological polar surface area (TPSA) is 81.0 Å². The molecule has 188 valence electrons. The molecule has 1 N–H and O–H groups in total. The Morgan fingerprint density at radius 3 is 2.30 bits per heavy atom. The van der Waals surface area contributed by atoms with E-state index in [1.165, 1.54) is 4.90 Å². The highest BCUT2D eigenvalue weighted by atomic mass is 16.5. The summed E-state index contributed by atoms with van der Waals surface area (Å²) in [6.45, 7) is 2.61. The molecule has 0 aliphatic carbocycles. The Hall–Kier alpha value is -4.52. The van der Waals surface area contributed by atoms with Crippen LogP contribution in [0.3, 0.4) is 0 Å². The van der Waals surface area contributed by atoms with Crippen molar-refractivity contribution in [3.8, 4) is 11.5 Å². The summed E-state index contributed by atoms with van der Waals surface area (Å²) in [5, 5.41) is 12.3. The highest BCUT2D eigenvalue weighted by Crippen LogP contribution is 2.45. The molecule has 0 saturated carbocycles. The molecule has 2 heterocycles. The molecule has 1 unspecified atom stereocenters. The number of amides is 1.